The van der Waals surface area contributed by atoms with Crippen LogP contribution in [0, 0.1) is 17.3 Å². The summed E-state index contributed by atoms with van der Waals surface area (Å²) in [5.74, 6) is 6.43. The Labute approximate surface area is 226 Å². The smallest absolute Gasteiger partial charge is 0.239 e. The van der Waals surface area contributed by atoms with Gasteiger partial charge in [-0.1, -0.05) is 48.4 Å². The molecule has 0 radical (unpaired) electrons. The summed E-state index contributed by atoms with van der Waals surface area (Å²) in [6, 6.07) is 17.6. The van der Waals surface area contributed by atoms with E-state index >= 15 is 0 Å². The Hall–Kier alpha value is -3.30. The molecule has 2 aromatic rings. The first-order chi connectivity index (χ1) is 18.4. The lowest BCUT2D eigenvalue weighted by molar-refractivity contribution is -0.151. The van der Waals surface area contributed by atoms with Crippen molar-refractivity contribution in [2.75, 3.05) is 19.6 Å². The van der Waals surface area contributed by atoms with E-state index in [4.69, 9.17) is 0 Å². The number of hydrogen-bond donors (Lipinski definition) is 2. The van der Waals surface area contributed by atoms with E-state index in [1.807, 2.05) is 18.2 Å². The van der Waals surface area contributed by atoms with E-state index < -0.39 is 0 Å². The molecule has 1 saturated carbocycles. The highest BCUT2D eigenvalue weighted by molar-refractivity contribution is 5.83. The van der Waals surface area contributed by atoms with E-state index in [0.29, 0.717) is 12.3 Å². The quantitative estimate of drug-likeness (QED) is 0.537. The number of hydrogen-bond acceptors (Lipinski definition) is 4. The lowest BCUT2D eigenvalue weighted by atomic mass is 9.67. The van der Waals surface area contributed by atoms with E-state index in [-0.39, 0.29) is 35.1 Å². The Morgan fingerprint density at radius 1 is 1.05 bits per heavy atom. The Morgan fingerprint density at radius 2 is 1.76 bits per heavy atom. The molecule has 2 heterocycles. The second-order valence-corrected chi connectivity index (χ2v) is 11.4. The first kappa shape index (κ1) is 26.3. The second kappa shape index (κ2) is 11.6. The van der Waals surface area contributed by atoms with Crippen molar-refractivity contribution in [2.45, 2.75) is 76.4 Å². The topological polar surface area (TPSA) is 72.9 Å². The number of nitrogens with one attached hydrogen (secondary N) is 1. The molecule has 2 saturated heterocycles. The summed E-state index contributed by atoms with van der Waals surface area (Å²) >= 11 is 0. The first-order valence-electron chi connectivity index (χ1n) is 14.0. The number of phenols is 1. The van der Waals surface area contributed by atoms with E-state index in [0.717, 1.165) is 70.3 Å². The van der Waals surface area contributed by atoms with Crippen LogP contribution in [0.2, 0.25) is 0 Å². The predicted octanol–water partition coefficient (Wildman–Crippen LogP) is 4.44. The van der Waals surface area contributed by atoms with Crippen molar-refractivity contribution >= 4 is 11.8 Å². The zero-order valence-electron chi connectivity index (χ0n) is 22.4. The van der Waals surface area contributed by atoms with Crippen LogP contribution in [-0.4, -0.2) is 58.4 Å². The maximum absolute atomic E-state index is 13.4. The summed E-state index contributed by atoms with van der Waals surface area (Å²) in [6.07, 6.45) is 6.38. The van der Waals surface area contributed by atoms with Crippen molar-refractivity contribution in [3.63, 3.8) is 0 Å². The largest absolute Gasteiger partial charge is 0.508 e. The van der Waals surface area contributed by atoms with Gasteiger partial charge in [-0.15, -0.1) is 5.92 Å². The minimum Gasteiger partial charge on any atom is -0.508 e. The van der Waals surface area contributed by atoms with Gasteiger partial charge in [-0.2, -0.15) is 0 Å². The maximum atomic E-state index is 13.4. The molecule has 2 N–H and O–H groups in total. The van der Waals surface area contributed by atoms with Gasteiger partial charge in [-0.05, 0) is 75.3 Å². The number of rotatable bonds is 7. The molecule has 2 atom stereocenters. The zero-order valence-corrected chi connectivity index (χ0v) is 22.4. The Balaban J connectivity index is 1.07. The number of aromatic hydroxyl groups is 1. The SMILES string of the molecule is CC#CC(CC(=O)NC1CCC2(CC1)CN(C(=O)[C@H]1CCCN1Cc1ccccc1)C2)c1ccc(O)cc1. The monoisotopic (exact) mass is 513 g/mol. The molecule has 1 spiro atoms. The van der Waals surface area contributed by atoms with Crippen molar-refractivity contribution in [1.82, 2.24) is 15.1 Å². The average molecular weight is 514 g/mol. The minimum atomic E-state index is -0.182. The first-order valence-corrected chi connectivity index (χ1v) is 14.0. The fourth-order valence-electron chi connectivity index (χ4n) is 6.54. The Kier molecular flexibility index (Phi) is 8.04. The van der Waals surface area contributed by atoms with E-state index in [2.05, 4.69) is 51.2 Å². The van der Waals surface area contributed by atoms with Gasteiger partial charge in [0, 0.05) is 37.5 Å². The van der Waals surface area contributed by atoms with Crippen LogP contribution in [0.15, 0.2) is 54.6 Å². The standard InChI is InChI=1S/C32H39N3O3/c1-2-7-26(25-11-13-28(36)14-12-25)20-30(37)33-27-15-17-32(18-16-27)22-35(23-32)31(38)29-10-6-19-34(29)21-24-8-4-3-5-9-24/h3-5,8-9,11-14,26-27,29,36H,6,10,15-23H2,1H3,(H,33,37)/t26?,29-/m1/s1. The summed E-state index contributed by atoms with van der Waals surface area (Å²) < 4.78 is 0. The van der Waals surface area contributed by atoms with Gasteiger partial charge >= 0.3 is 0 Å². The molecule has 200 valence electrons. The summed E-state index contributed by atoms with van der Waals surface area (Å²) in [7, 11) is 0. The minimum absolute atomic E-state index is 0.0101. The lowest BCUT2D eigenvalue weighted by Crippen LogP contribution is -2.63. The molecule has 5 rings (SSSR count). The molecule has 2 aliphatic heterocycles. The van der Waals surface area contributed by atoms with Gasteiger partial charge in [0.25, 0.3) is 0 Å². The molecule has 2 amide bonds. The summed E-state index contributed by atoms with van der Waals surface area (Å²) in [4.78, 5) is 30.6. The van der Waals surface area contributed by atoms with Crippen LogP contribution in [0.4, 0.5) is 0 Å². The summed E-state index contributed by atoms with van der Waals surface area (Å²) in [5, 5.41) is 12.8. The van der Waals surface area contributed by atoms with Gasteiger partial charge in [-0.25, -0.2) is 0 Å². The van der Waals surface area contributed by atoms with Gasteiger partial charge in [0.05, 0.1) is 12.0 Å². The van der Waals surface area contributed by atoms with E-state index in [9.17, 15) is 14.7 Å². The van der Waals surface area contributed by atoms with Crippen molar-refractivity contribution in [2.24, 2.45) is 5.41 Å². The third-order valence-electron chi connectivity index (χ3n) is 8.66. The Bertz CT molecular complexity index is 1170. The highest BCUT2D eigenvalue weighted by Gasteiger charge is 2.49. The fraction of sp³-hybridized carbons (Fsp3) is 0.500. The molecule has 2 aromatic carbocycles. The van der Waals surface area contributed by atoms with E-state index in [1.54, 1.807) is 19.1 Å². The molecule has 1 unspecified atom stereocenters. The van der Waals surface area contributed by atoms with Gasteiger partial charge in [0.15, 0.2) is 0 Å². The lowest BCUT2D eigenvalue weighted by Gasteiger charge is -2.54. The van der Waals surface area contributed by atoms with Crippen LogP contribution in [-0.2, 0) is 16.1 Å². The second-order valence-electron chi connectivity index (χ2n) is 11.4. The summed E-state index contributed by atoms with van der Waals surface area (Å²) in [5.41, 5.74) is 2.43. The van der Waals surface area contributed by atoms with Crippen LogP contribution in [0.5, 0.6) is 5.75 Å². The highest BCUT2D eigenvalue weighted by atomic mass is 16.3. The molecular formula is C32H39N3O3. The number of carbonyl (C=O) groups is 2. The number of carbonyl (C=O) groups excluding carboxylic acids is 2. The van der Waals surface area contributed by atoms with Crippen molar-refractivity contribution in [3.8, 4) is 17.6 Å². The van der Waals surface area contributed by atoms with Crippen molar-refractivity contribution < 1.29 is 14.7 Å². The molecule has 6 heteroatoms. The van der Waals surface area contributed by atoms with E-state index in [1.165, 1.54) is 5.56 Å². The third-order valence-corrected chi connectivity index (χ3v) is 8.66. The maximum Gasteiger partial charge on any atom is 0.239 e. The normalized spacial score (nSPS) is 21.8. The number of phenolic OH excluding ortho intramolecular Hbond substituents is 1. The average Bonchev–Trinajstić information content (AvgIpc) is 3.36. The predicted molar refractivity (Wildman–Crippen MR) is 148 cm³/mol. The number of nitrogens with zero attached hydrogens (tertiary/aromatic N) is 2. The molecule has 1 aliphatic carbocycles. The highest BCUT2D eigenvalue weighted by Crippen LogP contribution is 2.44. The number of amides is 2. The van der Waals surface area contributed by atoms with Crippen LogP contribution < -0.4 is 5.32 Å². The molecule has 0 aromatic heterocycles. The third kappa shape index (κ3) is 6.05. The zero-order chi connectivity index (χ0) is 26.5. The van der Waals surface area contributed by atoms with Crippen molar-refractivity contribution in [3.05, 3.63) is 65.7 Å². The molecule has 3 fully saturated rings. The molecular weight excluding hydrogens is 474 g/mol. The van der Waals surface area contributed by atoms with Crippen molar-refractivity contribution in [1.29, 1.82) is 0 Å². The van der Waals surface area contributed by atoms with Crippen LogP contribution in [0.1, 0.15) is 68.9 Å². The van der Waals surface area contributed by atoms with Gasteiger partial charge in [0.2, 0.25) is 11.8 Å². The van der Waals surface area contributed by atoms with Gasteiger partial charge in [-0.3, -0.25) is 14.5 Å². The van der Waals surface area contributed by atoms with Crippen LogP contribution >= 0.6 is 0 Å². The molecule has 3 aliphatic rings. The van der Waals surface area contributed by atoms with Gasteiger partial charge in [0.1, 0.15) is 5.75 Å². The fourth-order valence-corrected chi connectivity index (χ4v) is 6.54. The molecule has 0 bridgehead atoms. The summed E-state index contributed by atoms with van der Waals surface area (Å²) in [6.45, 7) is 5.33. The number of benzene rings is 2. The number of likely N-dealkylation sites (tertiary alicyclic amines) is 2. The van der Waals surface area contributed by atoms with Crippen LogP contribution in [0.3, 0.4) is 0 Å². The molecule has 38 heavy (non-hydrogen) atoms. The Morgan fingerprint density at radius 3 is 2.45 bits per heavy atom. The van der Waals surface area contributed by atoms with Crippen LogP contribution in [0.25, 0.3) is 0 Å². The molecule has 6 nitrogen and oxygen atoms in total. The van der Waals surface area contributed by atoms with Gasteiger partial charge < -0.3 is 15.3 Å².